The predicted molar refractivity (Wildman–Crippen MR) is 161 cm³/mol. The minimum absolute atomic E-state index is 0.219. The lowest BCUT2D eigenvalue weighted by molar-refractivity contribution is -0.119. The third-order valence-electron chi connectivity index (χ3n) is 12.4. The maximum Gasteiger partial charge on any atom is 0.232 e. The van der Waals surface area contributed by atoms with E-state index in [1.807, 2.05) is 11.4 Å². The minimum Gasteiger partial charge on any atom is -0.383 e. The minimum atomic E-state index is -3.44. The number of hydrogen-bond acceptors (Lipinski definition) is 6. The zero-order valence-electron chi connectivity index (χ0n) is 25.4. The van der Waals surface area contributed by atoms with Gasteiger partial charge in [-0.25, -0.2) is 8.42 Å². The Labute approximate surface area is 244 Å². The molecular weight excluding hydrogens is 520 g/mol. The highest BCUT2D eigenvalue weighted by Crippen LogP contribution is 2.50. The predicted octanol–water partition coefficient (Wildman–Crippen LogP) is 4.51. The second-order valence-electron chi connectivity index (χ2n) is 14.3. The summed E-state index contributed by atoms with van der Waals surface area (Å²) in [7, 11) is -1.61. The van der Waals surface area contributed by atoms with Crippen molar-refractivity contribution in [3.63, 3.8) is 0 Å². The van der Waals surface area contributed by atoms with E-state index in [2.05, 4.69) is 41.1 Å². The maximum atomic E-state index is 14.2. The molecule has 0 aromatic carbocycles. The van der Waals surface area contributed by atoms with Crippen LogP contribution in [0.1, 0.15) is 84.5 Å². The van der Waals surface area contributed by atoms with E-state index in [4.69, 9.17) is 4.74 Å². The number of methoxy groups -OCH3 is 1. The van der Waals surface area contributed by atoms with Gasteiger partial charge in [0.25, 0.3) is 0 Å². The molecule has 0 aromatic rings. The van der Waals surface area contributed by atoms with E-state index in [9.17, 15) is 8.42 Å². The Bertz CT molecular complexity index is 983. The average molecular weight is 577 g/mol. The lowest BCUT2D eigenvalue weighted by Crippen LogP contribution is -2.71. The number of sulfonamides is 1. The first-order valence-corrected chi connectivity index (χ1v) is 18.3. The van der Waals surface area contributed by atoms with E-state index in [1.165, 1.54) is 57.8 Å². The standard InChI is InChI=1S/C32H56N4O3S/c1-23-10-9-11-27(24(23)2)25-13-15-26(16-14-25)32-28-21-34(17-7-8-18-35(28)29(32)22-39-3)40(37,38)31-20-33-30-12-5-4-6-19-36(30)31/h7-8,23-33H,4-6,9-22H2,1-3H3/b8-7-/t23?,24?,25?,26?,27?,28?,29-,30?,31?,32+/m1/s1. The SMILES string of the molecule is COC[C@@H]1[C@@H](C2CCC(C3CCCC(C)C3C)CC2)C2CN(S(=O)(=O)C3CNC4CCCCCN43)C/C=C\CN21. The first-order valence-electron chi connectivity index (χ1n) is 16.8. The Morgan fingerprint density at radius 1 is 0.875 bits per heavy atom. The Morgan fingerprint density at radius 2 is 1.65 bits per heavy atom. The average Bonchev–Trinajstić information content (AvgIpc) is 3.21. The van der Waals surface area contributed by atoms with E-state index in [0.29, 0.717) is 43.6 Å². The summed E-state index contributed by atoms with van der Waals surface area (Å²) in [4.78, 5) is 4.83. The van der Waals surface area contributed by atoms with Crippen molar-refractivity contribution in [3.05, 3.63) is 12.2 Å². The number of rotatable bonds is 6. The Hall–Kier alpha value is -0.510. The van der Waals surface area contributed by atoms with Crippen LogP contribution in [0.5, 0.6) is 0 Å². The highest BCUT2D eigenvalue weighted by Gasteiger charge is 2.54. The van der Waals surface area contributed by atoms with Gasteiger partial charge in [0, 0.05) is 51.9 Å². The van der Waals surface area contributed by atoms with Crippen molar-refractivity contribution in [3.8, 4) is 0 Å². The summed E-state index contributed by atoms with van der Waals surface area (Å²) in [5, 5.41) is 3.12. The summed E-state index contributed by atoms with van der Waals surface area (Å²) in [6.07, 6.45) is 18.7. The molecular formula is C32H56N4O3S. The normalized spacial score (nSPS) is 45.0. The van der Waals surface area contributed by atoms with Crippen molar-refractivity contribution in [2.75, 3.05) is 46.4 Å². The number of ether oxygens (including phenoxy) is 1. The van der Waals surface area contributed by atoms with Crippen molar-refractivity contribution in [1.82, 2.24) is 19.4 Å². The van der Waals surface area contributed by atoms with E-state index in [1.54, 1.807) is 0 Å². The number of nitrogens with zero attached hydrogens (tertiary/aromatic N) is 3. The van der Waals surface area contributed by atoms with E-state index < -0.39 is 15.4 Å². The van der Waals surface area contributed by atoms with Crippen LogP contribution in [0.2, 0.25) is 0 Å². The fourth-order valence-electron chi connectivity index (χ4n) is 9.97. The van der Waals surface area contributed by atoms with Gasteiger partial charge in [0.2, 0.25) is 10.0 Å². The van der Waals surface area contributed by atoms with Gasteiger partial charge in [-0.1, -0.05) is 51.7 Å². The highest BCUT2D eigenvalue weighted by atomic mass is 32.2. The summed E-state index contributed by atoms with van der Waals surface area (Å²) in [6.45, 7) is 9.23. The second-order valence-corrected chi connectivity index (χ2v) is 16.4. The summed E-state index contributed by atoms with van der Waals surface area (Å²) >= 11 is 0. The van der Waals surface area contributed by atoms with Crippen LogP contribution in [0.25, 0.3) is 0 Å². The van der Waals surface area contributed by atoms with Gasteiger partial charge < -0.3 is 4.74 Å². The smallest absolute Gasteiger partial charge is 0.232 e. The molecule has 0 amide bonds. The zero-order chi connectivity index (χ0) is 27.9. The van der Waals surface area contributed by atoms with Crippen molar-refractivity contribution < 1.29 is 13.2 Å². The molecule has 228 valence electrons. The van der Waals surface area contributed by atoms with Crippen LogP contribution < -0.4 is 5.32 Å². The van der Waals surface area contributed by atoms with E-state index >= 15 is 0 Å². The molecule has 8 atom stereocenters. The van der Waals surface area contributed by atoms with Crippen molar-refractivity contribution in [2.45, 2.75) is 108 Å². The van der Waals surface area contributed by atoms with Gasteiger partial charge in [0.1, 0.15) is 5.37 Å². The largest absolute Gasteiger partial charge is 0.383 e. The second kappa shape index (κ2) is 12.6. The molecule has 5 fully saturated rings. The topological polar surface area (TPSA) is 65.1 Å². The first kappa shape index (κ1) is 29.6. The summed E-state index contributed by atoms with van der Waals surface area (Å²) in [5.74, 6) is 4.75. The molecule has 40 heavy (non-hydrogen) atoms. The van der Waals surface area contributed by atoms with Crippen LogP contribution in [0.3, 0.4) is 0 Å². The van der Waals surface area contributed by atoms with Gasteiger partial charge in [-0.3, -0.25) is 15.1 Å². The third-order valence-corrected chi connectivity index (χ3v) is 14.5. The van der Waals surface area contributed by atoms with Crippen LogP contribution in [-0.4, -0.2) is 92.6 Å². The molecule has 4 aliphatic heterocycles. The van der Waals surface area contributed by atoms with Crippen LogP contribution in [0.15, 0.2) is 12.2 Å². The molecule has 3 saturated heterocycles. The summed E-state index contributed by atoms with van der Waals surface area (Å²) in [5.41, 5.74) is 0. The molecule has 2 saturated carbocycles. The Balaban J connectivity index is 1.16. The Morgan fingerprint density at radius 3 is 2.45 bits per heavy atom. The molecule has 6 rings (SSSR count). The molecule has 8 heteroatoms. The zero-order valence-corrected chi connectivity index (χ0v) is 26.2. The first-order chi connectivity index (χ1) is 19.4. The van der Waals surface area contributed by atoms with E-state index in [0.717, 1.165) is 56.2 Å². The van der Waals surface area contributed by atoms with E-state index in [-0.39, 0.29) is 6.17 Å². The Kier molecular flexibility index (Phi) is 9.32. The summed E-state index contributed by atoms with van der Waals surface area (Å²) in [6, 6.07) is 0.699. The van der Waals surface area contributed by atoms with Crippen molar-refractivity contribution in [2.24, 2.45) is 35.5 Å². The molecule has 6 aliphatic rings. The van der Waals surface area contributed by atoms with Crippen molar-refractivity contribution >= 4 is 10.0 Å². The van der Waals surface area contributed by atoms with Gasteiger partial charge in [0.15, 0.2) is 0 Å². The van der Waals surface area contributed by atoms with Gasteiger partial charge >= 0.3 is 0 Å². The lowest BCUT2D eigenvalue weighted by Gasteiger charge is -2.60. The van der Waals surface area contributed by atoms with Crippen LogP contribution in [0.4, 0.5) is 0 Å². The third kappa shape index (κ3) is 5.59. The van der Waals surface area contributed by atoms with Crippen LogP contribution in [-0.2, 0) is 14.8 Å². The molecule has 4 heterocycles. The fraction of sp³-hybridized carbons (Fsp3) is 0.938. The maximum absolute atomic E-state index is 14.2. The molecule has 7 nitrogen and oxygen atoms in total. The molecule has 0 aromatic heterocycles. The quantitative estimate of drug-likeness (QED) is 0.470. The van der Waals surface area contributed by atoms with Crippen LogP contribution in [0, 0.1) is 35.5 Å². The van der Waals surface area contributed by atoms with Gasteiger partial charge in [-0.05, 0) is 80.5 Å². The van der Waals surface area contributed by atoms with Gasteiger partial charge in [-0.2, -0.15) is 4.31 Å². The number of fused-ring (bicyclic) bond motifs is 2. The van der Waals surface area contributed by atoms with Gasteiger partial charge in [0.05, 0.1) is 12.8 Å². The van der Waals surface area contributed by atoms with Gasteiger partial charge in [-0.15, -0.1) is 0 Å². The molecule has 0 bridgehead atoms. The monoisotopic (exact) mass is 576 g/mol. The molecule has 0 spiro atoms. The number of nitrogens with one attached hydrogen (secondary N) is 1. The fourth-order valence-corrected chi connectivity index (χ4v) is 11.9. The molecule has 6 unspecified atom stereocenters. The summed E-state index contributed by atoms with van der Waals surface area (Å²) < 4.78 is 36.1. The molecule has 1 N–H and O–H groups in total. The lowest BCUT2D eigenvalue weighted by atomic mass is 9.60. The molecule has 0 radical (unpaired) electrons. The highest BCUT2D eigenvalue weighted by molar-refractivity contribution is 7.89. The number of hydrogen-bond donors (Lipinski definition) is 1. The van der Waals surface area contributed by atoms with Crippen molar-refractivity contribution in [1.29, 1.82) is 0 Å². The van der Waals surface area contributed by atoms with Crippen LogP contribution >= 0.6 is 0 Å². The molecule has 2 aliphatic carbocycles.